The van der Waals surface area contributed by atoms with E-state index in [9.17, 15) is 9.59 Å². The number of thioether (sulfide) groups is 1. The van der Waals surface area contributed by atoms with Crippen LogP contribution in [0.5, 0.6) is 0 Å². The Hall–Kier alpha value is -2.39. The molecule has 8 heteroatoms. The Bertz CT molecular complexity index is 1040. The minimum atomic E-state index is -0.246. The summed E-state index contributed by atoms with van der Waals surface area (Å²) in [7, 11) is 0. The van der Waals surface area contributed by atoms with Crippen LogP contribution in [0.3, 0.4) is 0 Å². The number of rotatable bonds is 8. The molecule has 0 aromatic heterocycles. The monoisotopic (exact) mass is 508 g/mol. The van der Waals surface area contributed by atoms with Crippen LogP contribution in [0.25, 0.3) is 0 Å². The third kappa shape index (κ3) is 6.48. The number of hydrogen-bond acceptors (Lipinski definition) is 6. The van der Waals surface area contributed by atoms with Gasteiger partial charge in [-0.3, -0.25) is 14.5 Å². The predicted molar refractivity (Wildman–Crippen MR) is 143 cm³/mol. The van der Waals surface area contributed by atoms with E-state index in [1.807, 2.05) is 12.1 Å². The van der Waals surface area contributed by atoms with Gasteiger partial charge in [0.1, 0.15) is 5.37 Å². The molecule has 36 heavy (non-hydrogen) atoms. The number of morpholine rings is 1. The number of piperidine rings is 1. The average Bonchev–Trinajstić information content (AvgIpc) is 2.92. The smallest absolute Gasteiger partial charge is 0.252 e. The van der Waals surface area contributed by atoms with Gasteiger partial charge in [-0.25, -0.2) is 0 Å². The lowest BCUT2D eigenvalue weighted by atomic mass is 9.90. The Morgan fingerprint density at radius 3 is 2.61 bits per heavy atom. The van der Waals surface area contributed by atoms with E-state index in [1.165, 1.54) is 24.8 Å². The Labute approximate surface area is 217 Å². The van der Waals surface area contributed by atoms with Crippen molar-refractivity contribution < 1.29 is 14.3 Å². The molecule has 2 aromatic rings. The number of benzene rings is 2. The van der Waals surface area contributed by atoms with Crippen molar-refractivity contribution >= 4 is 29.3 Å². The zero-order chi connectivity index (χ0) is 24.7. The van der Waals surface area contributed by atoms with E-state index < -0.39 is 0 Å². The van der Waals surface area contributed by atoms with Crippen molar-refractivity contribution in [3.8, 4) is 0 Å². The highest BCUT2D eigenvalue weighted by molar-refractivity contribution is 8.00. The largest absolute Gasteiger partial charge is 0.379 e. The number of anilines is 1. The van der Waals surface area contributed by atoms with Crippen LogP contribution >= 0.6 is 11.8 Å². The maximum Gasteiger partial charge on any atom is 0.252 e. The predicted octanol–water partition coefficient (Wildman–Crippen LogP) is 3.46. The van der Waals surface area contributed by atoms with Gasteiger partial charge in [-0.05, 0) is 75.0 Å². The topological polar surface area (TPSA) is 73.9 Å². The summed E-state index contributed by atoms with van der Waals surface area (Å²) < 4.78 is 5.41. The lowest BCUT2D eigenvalue weighted by Crippen LogP contribution is -2.48. The van der Waals surface area contributed by atoms with Crippen LogP contribution in [0.2, 0.25) is 0 Å². The number of likely N-dealkylation sites (tertiary alicyclic amines) is 1. The quantitative estimate of drug-likeness (QED) is 0.532. The van der Waals surface area contributed by atoms with Crippen molar-refractivity contribution in [2.45, 2.75) is 36.0 Å². The summed E-state index contributed by atoms with van der Waals surface area (Å²) in [6.45, 7) is 6.77. The summed E-state index contributed by atoms with van der Waals surface area (Å²) in [6, 6.07) is 16.4. The Kier molecular flexibility index (Phi) is 8.59. The summed E-state index contributed by atoms with van der Waals surface area (Å²) in [5.41, 5.74) is 2.75. The summed E-state index contributed by atoms with van der Waals surface area (Å²) in [4.78, 5) is 31.1. The number of hydrogen-bond donors (Lipinski definition) is 2. The summed E-state index contributed by atoms with van der Waals surface area (Å²) in [6.07, 6.45) is 4.60. The molecule has 2 fully saturated rings. The highest BCUT2D eigenvalue weighted by Gasteiger charge is 2.33. The van der Waals surface area contributed by atoms with Crippen LogP contribution < -0.4 is 10.6 Å². The third-order valence-corrected chi connectivity index (χ3v) is 8.70. The van der Waals surface area contributed by atoms with Crippen molar-refractivity contribution in [2.24, 2.45) is 5.92 Å². The van der Waals surface area contributed by atoms with E-state index >= 15 is 0 Å². The lowest BCUT2D eigenvalue weighted by molar-refractivity contribution is -0.119. The molecule has 2 N–H and O–H groups in total. The molecule has 3 aliphatic heterocycles. The van der Waals surface area contributed by atoms with Crippen LogP contribution in [0, 0.1) is 5.92 Å². The standard InChI is InChI=1S/C28H36N4O3S/c33-26(29-11-4-12-31-13-9-22(10-14-31)19-21-5-2-1-3-6-21)23-7-8-25-24(20-23)30-27(34)28(36-25)32-15-17-35-18-16-32/h1-3,5-8,20,22,28H,4,9-19H2,(H,29,33)(H,30,34)/t28-/m0/s1. The first-order chi connectivity index (χ1) is 17.7. The molecule has 3 aliphatic rings. The number of carbonyl (C=O) groups excluding carboxylic acids is 2. The van der Waals surface area contributed by atoms with Gasteiger partial charge in [0.2, 0.25) is 0 Å². The molecule has 192 valence electrons. The van der Waals surface area contributed by atoms with E-state index in [2.05, 4.69) is 50.8 Å². The van der Waals surface area contributed by atoms with E-state index in [0.717, 1.165) is 55.6 Å². The number of amides is 2. The molecule has 0 saturated carbocycles. The fourth-order valence-electron chi connectivity index (χ4n) is 5.26. The normalized spacial score (nSPS) is 21.6. The van der Waals surface area contributed by atoms with Crippen LogP contribution in [-0.2, 0) is 16.0 Å². The summed E-state index contributed by atoms with van der Waals surface area (Å²) >= 11 is 1.55. The van der Waals surface area contributed by atoms with E-state index in [1.54, 1.807) is 17.8 Å². The number of nitrogens with zero attached hydrogens (tertiary/aromatic N) is 2. The number of nitrogens with one attached hydrogen (secondary N) is 2. The molecule has 0 bridgehead atoms. The molecule has 0 radical (unpaired) electrons. The van der Waals surface area contributed by atoms with Crippen molar-refractivity contribution in [3.63, 3.8) is 0 Å². The Balaban J connectivity index is 1.03. The number of fused-ring (bicyclic) bond motifs is 1. The molecule has 2 saturated heterocycles. The van der Waals surface area contributed by atoms with Gasteiger partial charge in [0.05, 0.1) is 18.9 Å². The molecule has 2 amide bonds. The number of carbonyl (C=O) groups is 2. The van der Waals surface area contributed by atoms with E-state index in [4.69, 9.17) is 4.74 Å². The maximum absolute atomic E-state index is 12.7. The second kappa shape index (κ2) is 12.2. The van der Waals surface area contributed by atoms with E-state index in [-0.39, 0.29) is 17.2 Å². The van der Waals surface area contributed by atoms with Crippen LogP contribution in [0.15, 0.2) is 53.4 Å². The molecule has 7 nitrogen and oxygen atoms in total. The van der Waals surface area contributed by atoms with Crippen molar-refractivity contribution in [1.29, 1.82) is 0 Å². The van der Waals surface area contributed by atoms with Crippen LogP contribution in [0.1, 0.15) is 35.2 Å². The Morgan fingerprint density at radius 2 is 1.83 bits per heavy atom. The fraction of sp³-hybridized carbons (Fsp3) is 0.500. The van der Waals surface area contributed by atoms with E-state index in [0.29, 0.717) is 25.3 Å². The van der Waals surface area contributed by atoms with Gasteiger partial charge in [0.15, 0.2) is 0 Å². The van der Waals surface area contributed by atoms with Crippen LogP contribution in [0.4, 0.5) is 5.69 Å². The van der Waals surface area contributed by atoms with Crippen molar-refractivity contribution in [2.75, 3.05) is 57.8 Å². The van der Waals surface area contributed by atoms with Gasteiger partial charge in [0.25, 0.3) is 11.8 Å². The molecular weight excluding hydrogens is 472 g/mol. The molecule has 0 aliphatic carbocycles. The SMILES string of the molecule is O=C(NCCCN1CCC(Cc2ccccc2)CC1)c1ccc2c(c1)NC(=O)[C@@H](N1CCOCC1)S2. The van der Waals surface area contributed by atoms with Gasteiger partial charge in [-0.15, -0.1) is 0 Å². The zero-order valence-electron chi connectivity index (χ0n) is 20.8. The molecule has 5 rings (SSSR count). The van der Waals surface area contributed by atoms with Gasteiger partial charge >= 0.3 is 0 Å². The third-order valence-electron chi connectivity index (χ3n) is 7.35. The van der Waals surface area contributed by atoms with Crippen molar-refractivity contribution in [3.05, 3.63) is 59.7 Å². The average molecular weight is 509 g/mol. The molecule has 2 aromatic carbocycles. The first-order valence-electron chi connectivity index (χ1n) is 13.1. The van der Waals surface area contributed by atoms with Crippen molar-refractivity contribution in [1.82, 2.24) is 15.1 Å². The van der Waals surface area contributed by atoms with Crippen LogP contribution in [-0.4, -0.2) is 79.5 Å². The molecular formula is C28H36N4O3S. The molecule has 0 unspecified atom stereocenters. The zero-order valence-corrected chi connectivity index (χ0v) is 21.6. The summed E-state index contributed by atoms with van der Waals surface area (Å²) in [5, 5.41) is 5.81. The highest BCUT2D eigenvalue weighted by atomic mass is 32.2. The maximum atomic E-state index is 12.7. The molecule has 1 atom stereocenters. The highest BCUT2D eigenvalue weighted by Crippen LogP contribution is 2.37. The molecule has 3 heterocycles. The first-order valence-corrected chi connectivity index (χ1v) is 14.0. The minimum Gasteiger partial charge on any atom is -0.379 e. The second-order valence-corrected chi connectivity index (χ2v) is 11.0. The van der Waals surface area contributed by atoms with Gasteiger partial charge in [0, 0.05) is 30.1 Å². The Morgan fingerprint density at radius 1 is 1.06 bits per heavy atom. The van der Waals surface area contributed by atoms with Gasteiger partial charge in [-0.2, -0.15) is 0 Å². The van der Waals surface area contributed by atoms with Gasteiger partial charge in [-0.1, -0.05) is 42.1 Å². The minimum absolute atomic E-state index is 0.0282. The number of ether oxygens (including phenoxy) is 1. The van der Waals surface area contributed by atoms with Gasteiger partial charge < -0.3 is 20.3 Å². The molecule has 0 spiro atoms. The first kappa shape index (κ1) is 25.3. The second-order valence-electron chi connectivity index (χ2n) is 9.90. The lowest BCUT2D eigenvalue weighted by Gasteiger charge is -2.35. The summed E-state index contributed by atoms with van der Waals surface area (Å²) in [5.74, 6) is 0.656. The fourth-order valence-corrected chi connectivity index (χ4v) is 6.41.